The Hall–Kier alpha value is 0.158. The molecule has 58 valence electrons. The molecular weight excluding hydrogens is 247 g/mol. The Bertz CT molecular complexity index is 267. The summed E-state index contributed by atoms with van der Waals surface area (Å²) in [4.78, 5) is 10.4. The summed E-state index contributed by atoms with van der Waals surface area (Å²) in [5.41, 5.74) is 0.574. The SMILES string of the molecule is O=Cc1ccccc1B(Cl)Cl.[Zn]. The normalized spacial score (nSPS) is 8.50. The molecule has 0 aliphatic heterocycles. The van der Waals surface area contributed by atoms with Gasteiger partial charge in [-0.3, -0.25) is 4.79 Å². The van der Waals surface area contributed by atoms with Gasteiger partial charge in [0.25, 0.3) is 0 Å². The maximum absolute atomic E-state index is 10.4. The molecule has 0 radical (unpaired) electrons. The van der Waals surface area contributed by atoms with E-state index in [2.05, 4.69) is 0 Å². The topological polar surface area (TPSA) is 17.1 Å². The van der Waals surface area contributed by atoms with Gasteiger partial charge in [0.15, 0.2) is 0 Å². The van der Waals surface area contributed by atoms with Crippen LogP contribution in [0.25, 0.3) is 0 Å². The van der Waals surface area contributed by atoms with Gasteiger partial charge in [0, 0.05) is 25.0 Å². The van der Waals surface area contributed by atoms with Gasteiger partial charge in [-0.2, -0.15) is 22.9 Å². The van der Waals surface area contributed by atoms with Crippen LogP contribution in [-0.2, 0) is 19.5 Å². The molecule has 0 aliphatic carbocycles. The van der Waals surface area contributed by atoms with Crippen molar-refractivity contribution in [2.75, 3.05) is 0 Å². The van der Waals surface area contributed by atoms with E-state index in [4.69, 9.17) is 22.9 Å². The van der Waals surface area contributed by atoms with Crippen LogP contribution in [0.15, 0.2) is 24.3 Å². The van der Waals surface area contributed by atoms with Crippen LogP contribution >= 0.6 is 22.9 Å². The molecule has 1 rings (SSSR count). The van der Waals surface area contributed by atoms with Gasteiger partial charge < -0.3 is 0 Å². The summed E-state index contributed by atoms with van der Waals surface area (Å²) < 4.78 is 0. The van der Waals surface area contributed by atoms with Crippen molar-refractivity contribution in [2.45, 2.75) is 0 Å². The predicted octanol–water partition coefficient (Wildman–Crippen LogP) is 1.67. The van der Waals surface area contributed by atoms with E-state index in [9.17, 15) is 4.79 Å². The Kier molecular flexibility index (Phi) is 5.82. The summed E-state index contributed by atoms with van der Waals surface area (Å²) in [5.74, 6) is 0. The van der Waals surface area contributed by atoms with E-state index in [0.29, 0.717) is 11.0 Å². The van der Waals surface area contributed by atoms with Crippen molar-refractivity contribution >= 4 is 40.2 Å². The molecule has 0 fully saturated rings. The summed E-state index contributed by atoms with van der Waals surface area (Å²) in [7, 11) is 0. The quantitative estimate of drug-likeness (QED) is 0.578. The summed E-state index contributed by atoms with van der Waals surface area (Å²) >= 11 is 11.2. The third-order valence-corrected chi connectivity index (χ3v) is 1.83. The monoisotopic (exact) mass is 250 g/mol. The first kappa shape index (κ1) is 12.2. The Balaban J connectivity index is 0.00000121. The number of hydrogen-bond donors (Lipinski definition) is 0. The van der Waals surface area contributed by atoms with E-state index < -0.39 is 5.54 Å². The summed E-state index contributed by atoms with van der Waals surface area (Å²) in [5, 5.41) is 0. The van der Waals surface area contributed by atoms with Crippen LogP contribution in [0.5, 0.6) is 0 Å². The van der Waals surface area contributed by atoms with Crippen molar-refractivity contribution in [3.63, 3.8) is 0 Å². The van der Waals surface area contributed by atoms with Gasteiger partial charge in [-0.25, -0.2) is 0 Å². The zero-order valence-electron chi connectivity index (χ0n) is 6.34. The molecule has 0 amide bonds. The number of carbonyl (C=O) groups excluding carboxylic acids is 1. The first-order valence-electron chi connectivity index (χ1n) is 3.08. The second-order valence-electron chi connectivity index (χ2n) is 2.05. The molecule has 12 heavy (non-hydrogen) atoms. The first-order chi connectivity index (χ1) is 5.25. The third-order valence-electron chi connectivity index (χ3n) is 1.36. The van der Waals surface area contributed by atoms with E-state index in [-0.39, 0.29) is 19.5 Å². The average molecular weight is 252 g/mol. The molecule has 1 nitrogen and oxygen atoms in total. The zero-order valence-corrected chi connectivity index (χ0v) is 10.8. The largest absolute Gasteiger partial charge is 0.383 e. The van der Waals surface area contributed by atoms with E-state index in [1.807, 2.05) is 0 Å². The van der Waals surface area contributed by atoms with Gasteiger partial charge in [0.2, 0.25) is 0 Å². The molecule has 0 bridgehead atoms. The van der Waals surface area contributed by atoms with Crippen molar-refractivity contribution in [2.24, 2.45) is 0 Å². The molecule has 0 atom stereocenters. The second kappa shape index (κ2) is 5.74. The summed E-state index contributed by atoms with van der Waals surface area (Å²) in [6, 6.07) is 6.97. The molecule has 0 unspecified atom stereocenters. The first-order valence-corrected chi connectivity index (χ1v) is 3.95. The van der Waals surface area contributed by atoms with Crippen molar-refractivity contribution in [1.82, 2.24) is 0 Å². The van der Waals surface area contributed by atoms with E-state index >= 15 is 0 Å². The number of hydrogen-bond acceptors (Lipinski definition) is 1. The van der Waals surface area contributed by atoms with Crippen molar-refractivity contribution in [3.05, 3.63) is 29.8 Å². The Morgan fingerprint density at radius 2 is 1.83 bits per heavy atom. The fourth-order valence-corrected chi connectivity index (χ4v) is 1.21. The fourth-order valence-electron chi connectivity index (χ4n) is 0.817. The minimum atomic E-state index is -0.628. The average Bonchev–Trinajstić information content (AvgIpc) is 2.04. The molecule has 0 spiro atoms. The predicted molar refractivity (Wildman–Crippen MR) is 48.9 cm³/mol. The third kappa shape index (κ3) is 2.89. The van der Waals surface area contributed by atoms with Crippen LogP contribution in [-0.4, -0.2) is 11.8 Å². The van der Waals surface area contributed by atoms with E-state index in [1.54, 1.807) is 24.3 Å². The number of aldehydes is 1. The Labute approximate surface area is 94.1 Å². The Morgan fingerprint density at radius 1 is 1.25 bits per heavy atom. The van der Waals surface area contributed by atoms with Gasteiger partial charge in [0.05, 0.1) is 0 Å². The van der Waals surface area contributed by atoms with E-state index in [1.165, 1.54) is 0 Å². The molecule has 0 aliphatic rings. The standard InChI is InChI=1S/C7H5BCl2O.Zn/c9-8(10)7-4-2-1-3-6(7)5-11;/h1-5H;. The van der Waals surface area contributed by atoms with Crippen LogP contribution in [0, 0.1) is 0 Å². The van der Waals surface area contributed by atoms with Crippen LogP contribution in [0.3, 0.4) is 0 Å². The molecule has 1 aromatic carbocycles. The molecule has 0 aromatic heterocycles. The number of halogens is 2. The van der Waals surface area contributed by atoms with Gasteiger partial charge in [0.1, 0.15) is 6.29 Å². The second-order valence-corrected chi connectivity index (χ2v) is 3.14. The number of rotatable bonds is 2. The molecule has 1 aromatic rings. The van der Waals surface area contributed by atoms with Crippen molar-refractivity contribution in [3.8, 4) is 0 Å². The van der Waals surface area contributed by atoms with Crippen molar-refractivity contribution < 1.29 is 24.3 Å². The Morgan fingerprint density at radius 3 is 2.25 bits per heavy atom. The van der Waals surface area contributed by atoms with Gasteiger partial charge in [-0.15, -0.1) is 0 Å². The molecule has 0 saturated heterocycles. The van der Waals surface area contributed by atoms with Gasteiger partial charge in [-0.1, -0.05) is 24.3 Å². The fraction of sp³-hybridized carbons (Fsp3) is 0. The summed E-state index contributed by atoms with van der Waals surface area (Å²) in [6.07, 6.45) is 0.743. The van der Waals surface area contributed by atoms with Crippen LogP contribution < -0.4 is 5.46 Å². The number of benzene rings is 1. The maximum atomic E-state index is 10.4. The summed E-state index contributed by atoms with van der Waals surface area (Å²) in [6.45, 7) is 0. The smallest absolute Gasteiger partial charge is 0.298 e. The minimum absolute atomic E-state index is 0. The van der Waals surface area contributed by atoms with Crippen LogP contribution in [0.2, 0.25) is 0 Å². The van der Waals surface area contributed by atoms with Gasteiger partial charge in [-0.05, 0) is 5.46 Å². The molecule has 0 saturated carbocycles. The number of carbonyl (C=O) groups is 1. The van der Waals surface area contributed by atoms with E-state index in [0.717, 1.165) is 6.29 Å². The van der Waals surface area contributed by atoms with Crippen molar-refractivity contribution in [1.29, 1.82) is 0 Å². The van der Waals surface area contributed by atoms with Crippen LogP contribution in [0.4, 0.5) is 0 Å². The minimum Gasteiger partial charge on any atom is -0.298 e. The molecular formula is C7H5BCl2OZn. The zero-order chi connectivity index (χ0) is 8.27. The molecule has 5 heteroatoms. The molecule has 0 heterocycles. The molecule has 0 N–H and O–H groups in total. The van der Waals surface area contributed by atoms with Gasteiger partial charge >= 0.3 is 5.54 Å². The maximum Gasteiger partial charge on any atom is 0.383 e. The van der Waals surface area contributed by atoms with Crippen LogP contribution in [0.1, 0.15) is 10.4 Å².